The van der Waals surface area contributed by atoms with E-state index in [0.717, 1.165) is 0 Å². The van der Waals surface area contributed by atoms with Crippen LogP contribution in [0.25, 0.3) is 0 Å². The molecule has 0 atom stereocenters. The second-order valence-corrected chi connectivity index (χ2v) is 6.82. The largest absolute Gasteiger partial charge is 0.493 e. The van der Waals surface area contributed by atoms with Crippen molar-refractivity contribution in [1.82, 2.24) is 5.43 Å². The molecule has 0 spiro atoms. The number of hydrazone groups is 1. The van der Waals surface area contributed by atoms with Crippen LogP contribution in [-0.4, -0.2) is 25.2 Å². The SMILES string of the molecule is COc1cc(/C=N\NC(=O)Cc2ccc(F)cc2)ccc1OC(=O)c1cccs1. The summed E-state index contributed by atoms with van der Waals surface area (Å²) in [6.45, 7) is 0. The Morgan fingerprint density at radius 2 is 1.93 bits per heavy atom. The molecule has 1 amide bonds. The molecular formula is C21H17FN2O4S. The number of nitrogens with zero attached hydrogens (tertiary/aromatic N) is 1. The first kappa shape index (κ1) is 20.2. The van der Waals surface area contributed by atoms with Crippen molar-refractivity contribution in [2.45, 2.75) is 6.42 Å². The first-order valence-corrected chi connectivity index (χ1v) is 9.43. The molecule has 2 aromatic carbocycles. The van der Waals surface area contributed by atoms with Gasteiger partial charge in [0, 0.05) is 0 Å². The second-order valence-electron chi connectivity index (χ2n) is 5.87. The summed E-state index contributed by atoms with van der Waals surface area (Å²) in [4.78, 5) is 24.5. The van der Waals surface area contributed by atoms with E-state index in [2.05, 4.69) is 10.5 Å². The van der Waals surface area contributed by atoms with Gasteiger partial charge >= 0.3 is 5.97 Å². The van der Waals surface area contributed by atoms with Crippen molar-refractivity contribution in [3.05, 3.63) is 81.8 Å². The Morgan fingerprint density at radius 1 is 1.14 bits per heavy atom. The smallest absolute Gasteiger partial charge is 0.353 e. The van der Waals surface area contributed by atoms with Gasteiger partial charge in [-0.05, 0) is 52.9 Å². The van der Waals surface area contributed by atoms with E-state index in [1.54, 1.807) is 47.8 Å². The van der Waals surface area contributed by atoms with Crippen molar-refractivity contribution in [3.8, 4) is 11.5 Å². The van der Waals surface area contributed by atoms with E-state index in [9.17, 15) is 14.0 Å². The highest BCUT2D eigenvalue weighted by Crippen LogP contribution is 2.28. The molecule has 6 nitrogen and oxygen atoms in total. The number of nitrogens with one attached hydrogen (secondary N) is 1. The number of ether oxygens (including phenoxy) is 2. The third-order valence-electron chi connectivity index (χ3n) is 3.79. The number of methoxy groups -OCH3 is 1. The number of rotatable bonds is 7. The molecule has 3 rings (SSSR count). The lowest BCUT2D eigenvalue weighted by Crippen LogP contribution is -2.19. The fourth-order valence-electron chi connectivity index (χ4n) is 2.40. The minimum atomic E-state index is -0.465. The molecule has 0 unspecified atom stereocenters. The molecule has 1 aromatic heterocycles. The molecule has 0 saturated heterocycles. The van der Waals surface area contributed by atoms with E-state index in [1.807, 2.05) is 0 Å². The normalized spacial score (nSPS) is 10.7. The Morgan fingerprint density at radius 3 is 2.62 bits per heavy atom. The Balaban J connectivity index is 1.59. The average Bonchev–Trinajstić information content (AvgIpc) is 3.26. The van der Waals surface area contributed by atoms with Gasteiger partial charge in [-0.25, -0.2) is 14.6 Å². The molecule has 8 heteroatoms. The Bertz CT molecular complexity index is 1020. The first-order chi connectivity index (χ1) is 14.0. The number of halogens is 1. The average molecular weight is 412 g/mol. The summed E-state index contributed by atoms with van der Waals surface area (Å²) in [5, 5.41) is 5.69. The summed E-state index contributed by atoms with van der Waals surface area (Å²) in [5.41, 5.74) is 3.73. The zero-order chi connectivity index (χ0) is 20.6. The summed E-state index contributed by atoms with van der Waals surface area (Å²) >= 11 is 1.29. The Hall–Kier alpha value is -3.52. The monoisotopic (exact) mass is 412 g/mol. The van der Waals surface area contributed by atoms with Gasteiger partial charge in [-0.3, -0.25) is 4.79 Å². The lowest BCUT2D eigenvalue weighted by Gasteiger charge is -2.09. The number of hydrogen-bond donors (Lipinski definition) is 1. The number of hydrogen-bond acceptors (Lipinski definition) is 6. The number of thiophene rings is 1. The van der Waals surface area contributed by atoms with Crippen molar-refractivity contribution < 1.29 is 23.5 Å². The van der Waals surface area contributed by atoms with Crippen LogP contribution in [0.3, 0.4) is 0 Å². The molecule has 29 heavy (non-hydrogen) atoms. The van der Waals surface area contributed by atoms with Crippen molar-refractivity contribution >= 4 is 29.4 Å². The van der Waals surface area contributed by atoms with Gasteiger partial charge in [0.1, 0.15) is 10.7 Å². The standard InChI is InChI=1S/C21H17FN2O4S/c1-27-18-11-15(6-9-17(18)28-21(26)19-3-2-10-29-19)13-23-24-20(25)12-14-4-7-16(22)8-5-14/h2-11,13H,12H2,1H3,(H,24,25)/b23-13-. The van der Waals surface area contributed by atoms with Crippen LogP contribution >= 0.6 is 11.3 Å². The minimum Gasteiger partial charge on any atom is -0.493 e. The molecule has 1 heterocycles. The molecule has 0 aliphatic rings. The van der Waals surface area contributed by atoms with Gasteiger partial charge < -0.3 is 9.47 Å². The Labute approximate surface area is 170 Å². The molecule has 1 N–H and O–H groups in total. The maximum atomic E-state index is 12.9. The molecule has 0 bridgehead atoms. The van der Waals surface area contributed by atoms with Crippen LogP contribution in [0.2, 0.25) is 0 Å². The zero-order valence-corrected chi connectivity index (χ0v) is 16.2. The molecule has 3 aromatic rings. The maximum absolute atomic E-state index is 12.9. The van der Waals surface area contributed by atoms with Crippen LogP contribution in [0.5, 0.6) is 11.5 Å². The molecule has 0 aliphatic heterocycles. The highest BCUT2D eigenvalue weighted by atomic mass is 32.1. The lowest BCUT2D eigenvalue weighted by molar-refractivity contribution is -0.120. The third kappa shape index (κ3) is 5.73. The number of benzene rings is 2. The fourth-order valence-corrected chi connectivity index (χ4v) is 3.00. The van der Waals surface area contributed by atoms with Gasteiger partial charge in [0.25, 0.3) is 0 Å². The van der Waals surface area contributed by atoms with Gasteiger partial charge in [-0.1, -0.05) is 18.2 Å². The molecule has 0 aliphatic carbocycles. The van der Waals surface area contributed by atoms with Crippen molar-refractivity contribution in [2.75, 3.05) is 7.11 Å². The van der Waals surface area contributed by atoms with Gasteiger partial charge in [0.15, 0.2) is 11.5 Å². The van der Waals surface area contributed by atoms with Crippen LogP contribution in [0.1, 0.15) is 20.8 Å². The number of esters is 1. The quantitative estimate of drug-likeness (QED) is 0.277. The lowest BCUT2D eigenvalue weighted by atomic mass is 10.1. The predicted octanol–water partition coefficient (Wildman–Crippen LogP) is 3.81. The van der Waals surface area contributed by atoms with E-state index < -0.39 is 5.97 Å². The highest BCUT2D eigenvalue weighted by molar-refractivity contribution is 7.12. The maximum Gasteiger partial charge on any atom is 0.353 e. The van der Waals surface area contributed by atoms with Crippen molar-refractivity contribution in [1.29, 1.82) is 0 Å². The highest BCUT2D eigenvalue weighted by Gasteiger charge is 2.13. The number of amides is 1. The van der Waals surface area contributed by atoms with Gasteiger partial charge in [-0.2, -0.15) is 5.10 Å². The van der Waals surface area contributed by atoms with Crippen LogP contribution in [0.4, 0.5) is 4.39 Å². The summed E-state index contributed by atoms with van der Waals surface area (Å²) in [5.74, 6) is -0.514. The van der Waals surface area contributed by atoms with Crippen LogP contribution in [0, 0.1) is 5.82 Å². The number of carbonyl (C=O) groups excluding carboxylic acids is 2. The summed E-state index contributed by atoms with van der Waals surface area (Å²) < 4.78 is 23.5. The summed E-state index contributed by atoms with van der Waals surface area (Å²) in [7, 11) is 1.46. The van der Waals surface area contributed by atoms with Crippen LogP contribution in [-0.2, 0) is 11.2 Å². The second kappa shape index (κ2) is 9.61. The van der Waals surface area contributed by atoms with Crippen molar-refractivity contribution in [3.63, 3.8) is 0 Å². The predicted molar refractivity (Wildman–Crippen MR) is 108 cm³/mol. The third-order valence-corrected chi connectivity index (χ3v) is 4.64. The van der Waals surface area contributed by atoms with Crippen LogP contribution < -0.4 is 14.9 Å². The molecule has 0 saturated carbocycles. The van der Waals surface area contributed by atoms with E-state index in [-0.39, 0.29) is 23.9 Å². The summed E-state index contributed by atoms with van der Waals surface area (Å²) in [6.07, 6.45) is 1.52. The summed E-state index contributed by atoms with van der Waals surface area (Å²) in [6, 6.07) is 14.0. The van der Waals surface area contributed by atoms with Gasteiger partial charge in [-0.15, -0.1) is 11.3 Å². The van der Waals surface area contributed by atoms with E-state index in [4.69, 9.17) is 9.47 Å². The zero-order valence-electron chi connectivity index (χ0n) is 15.4. The molecule has 148 valence electrons. The van der Waals surface area contributed by atoms with E-state index in [1.165, 1.54) is 36.8 Å². The van der Waals surface area contributed by atoms with Crippen LogP contribution in [0.15, 0.2) is 65.1 Å². The Kier molecular flexibility index (Phi) is 6.70. The topological polar surface area (TPSA) is 77.0 Å². The van der Waals surface area contributed by atoms with Gasteiger partial charge in [0.05, 0.1) is 19.7 Å². The molecular weight excluding hydrogens is 395 g/mol. The fraction of sp³-hybridized carbons (Fsp3) is 0.0952. The molecule has 0 radical (unpaired) electrons. The molecule has 0 fully saturated rings. The van der Waals surface area contributed by atoms with Gasteiger partial charge in [0.2, 0.25) is 5.91 Å². The first-order valence-electron chi connectivity index (χ1n) is 8.55. The van der Waals surface area contributed by atoms with E-state index in [0.29, 0.717) is 21.8 Å². The van der Waals surface area contributed by atoms with E-state index >= 15 is 0 Å². The minimum absolute atomic E-state index is 0.0819. The van der Waals surface area contributed by atoms with Crippen molar-refractivity contribution in [2.24, 2.45) is 5.10 Å². The number of carbonyl (C=O) groups is 2.